The molecule has 2 aromatic rings. The number of hydrogen-bond donors (Lipinski definition) is 0. The molecule has 1 fully saturated rings. The van der Waals surface area contributed by atoms with Gasteiger partial charge >= 0.3 is 11.9 Å². The van der Waals surface area contributed by atoms with Crippen molar-refractivity contribution in [2.75, 3.05) is 6.61 Å². The number of amides is 1. The van der Waals surface area contributed by atoms with Crippen LogP contribution in [-0.2, 0) is 23.8 Å². The summed E-state index contributed by atoms with van der Waals surface area (Å²) in [4.78, 5) is 49.8. The molecule has 8 nitrogen and oxygen atoms in total. The van der Waals surface area contributed by atoms with Gasteiger partial charge in [-0.15, -0.1) is 0 Å². The summed E-state index contributed by atoms with van der Waals surface area (Å²) >= 11 is 11.7. The lowest BCUT2D eigenvalue weighted by molar-refractivity contribution is -0.145. The maximum absolute atomic E-state index is 13.9. The first-order valence-electron chi connectivity index (χ1n) is 10.5. The van der Waals surface area contributed by atoms with Crippen LogP contribution in [0.25, 0.3) is 0 Å². The van der Waals surface area contributed by atoms with Crippen molar-refractivity contribution < 1.29 is 37.8 Å². The standard InChI is InChI=1S/C24H18Cl2FNO7/c25-15-5-1-13(2-6-15)23(31)33-12-20-19(35-24(32)14-3-7-16(26)8-4-14)10-22(34-20)28-11-17(27)18(29)9-21(28)30/h1-8,11,19-20,22H,9-10,12H2/t19-,20+,22+/m0/s1. The number of halogens is 3. The van der Waals surface area contributed by atoms with Gasteiger partial charge in [-0.25, -0.2) is 14.0 Å². The molecule has 35 heavy (non-hydrogen) atoms. The number of carbonyl (C=O) groups is 4. The summed E-state index contributed by atoms with van der Waals surface area (Å²) in [7, 11) is 0. The molecule has 0 saturated carbocycles. The number of benzene rings is 2. The fourth-order valence-electron chi connectivity index (χ4n) is 3.59. The summed E-state index contributed by atoms with van der Waals surface area (Å²) in [6, 6.07) is 12.0. The van der Waals surface area contributed by atoms with E-state index in [1.165, 1.54) is 48.5 Å². The van der Waals surface area contributed by atoms with Gasteiger partial charge in [0, 0.05) is 22.7 Å². The molecule has 2 aromatic carbocycles. The quantitative estimate of drug-likeness (QED) is 0.416. The van der Waals surface area contributed by atoms with Gasteiger partial charge in [-0.2, -0.15) is 0 Å². The van der Waals surface area contributed by atoms with Crippen molar-refractivity contribution in [2.45, 2.75) is 31.3 Å². The van der Waals surface area contributed by atoms with Crippen LogP contribution >= 0.6 is 23.2 Å². The predicted molar refractivity (Wildman–Crippen MR) is 121 cm³/mol. The van der Waals surface area contributed by atoms with Crippen LogP contribution in [-0.4, -0.2) is 53.6 Å². The van der Waals surface area contributed by atoms with Crippen molar-refractivity contribution in [3.8, 4) is 0 Å². The van der Waals surface area contributed by atoms with Gasteiger partial charge in [0.25, 0.3) is 0 Å². The zero-order valence-electron chi connectivity index (χ0n) is 18.0. The van der Waals surface area contributed by atoms with Crippen molar-refractivity contribution in [2.24, 2.45) is 0 Å². The molecule has 2 aliphatic heterocycles. The molecule has 1 amide bonds. The first-order valence-corrected chi connectivity index (χ1v) is 11.2. The molecule has 0 unspecified atom stereocenters. The van der Waals surface area contributed by atoms with E-state index >= 15 is 0 Å². The molecule has 4 rings (SSSR count). The monoisotopic (exact) mass is 521 g/mol. The Morgan fingerprint density at radius 2 is 1.54 bits per heavy atom. The van der Waals surface area contributed by atoms with Crippen molar-refractivity contribution in [3.63, 3.8) is 0 Å². The number of nitrogens with zero attached hydrogens (tertiary/aromatic N) is 1. The minimum Gasteiger partial charge on any atom is -0.459 e. The maximum Gasteiger partial charge on any atom is 0.338 e. The highest BCUT2D eigenvalue weighted by atomic mass is 35.5. The van der Waals surface area contributed by atoms with Crippen LogP contribution in [0.1, 0.15) is 33.6 Å². The molecule has 11 heteroatoms. The third-order valence-electron chi connectivity index (χ3n) is 5.41. The van der Waals surface area contributed by atoms with Crippen LogP contribution in [0.15, 0.2) is 60.6 Å². The molecule has 1 saturated heterocycles. The Bertz CT molecular complexity index is 1180. The fourth-order valence-corrected chi connectivity index (χ4v) is 3.84. The molecule has 0 N–H and O–H groups in total. The number of ether oxygens (including phenoxy) is 3. The molecular weight excluding hydrogens is 504 g/mol. The molecule has 0 aromatic heterocycles. The average Bonchev–Trinajstić information content (AvgIpc) is 3.22. The van der Waals surface area contributed by atoms with Gasteiger partial charge < -0.3 is 14.2 Å². The molecule has 182 valence electrons. The molecule has 0 aliphatic carbocycles. The second-order valence-corrected chi connectivity index (χ2v) is 8.67. The van der Waals surface area contributed by atoms with Crippen molar-refractivity contribution >= 4 is 46.8 Å². The Morgan fingerprint density at radius 3 is 2.14 bits per heavy atom. The van der Waals surface area contributed by atoms with E-state index in [1.807, 2.05) is 0 Å². The molecular formula is C24H18Cl2FNO7. The van der Waals surface area contributed by atoms with Crippen molar-refractivity contribution in [3.05, 3.63) is 81.7 Å². The summed E-state index contributed by atoms with van der Waals surface area (Å²) in [6.45, 7) is -0.316. The third-order valence-corrected chi connectivity index (χ3v) is 5.91. The molecule has 3 atom stereocenters. The summed E-state index contributed by atoms with van der Waals surface area (Å²) in [6.07, 6.45) is -2.86. The van der Waals surface area contributed by atoms with E-state index in [1.54, 1.807) is 0 Å². The van der Waals surface area contributed by atoms with Crippen LogP contribution < -0.4 is 0 Å². The van der Waals surface area contributed by atoms with Crippen LogP contribution in [0.4, 0.5) is 4.39 Å². The molecule has 0 bridgehead atoms. The average molecular weight is 522 g/mol. The molecule has 2 aliphatic rings. The topological polar surface area (TPSA) is 99.2 Å². The number of carbonyl (C=O) groups excluding carboxylic acids is 4. The SMILES string of the molecule is O=C1CC(=O)N([C@H]2C[C@H](OC(=O)c3ccc(Cl)cc3)[C@@H](COC(=O)c3ccc(Cl)cc3)O2)C=C1F. The molecule has 2 heterocycles. The van der Waals surface area contributed by atoms with E-state index in [2.05, 4.69) is 0 Å². The predicted octanol–water partition coefficient (Wildman–Crippen LogP) is 4.10. The molecule has 0 spiro atoms. The Balaban J connectivity index is 1.49. The van der Waals surface area contributed by atoms with E-state index in [0.29, 0.717) is 10.0 Å². The second kappa shape index (κ2) is 10.6. The Kier molecular flexibility index (Phi) is 7.49. The van der Waals surface area contributed by atoms with Gasteiger partial charge in [0.05, 0.1) is 17.5 Å². The lowest BCUT2D eigenvalue weighted by atomic mass is 10.1. The summed E-state index contributed by atoms with van der Waals surface area (Å²) in [5.74, 6) is -4.03. The first-order chi connectivity index (χ1) is 16.7. The van der Waals surface area contributed by atoms with Gasteiger partial charge in [0.2, 0.25) is 11.7 Å². The zero-order chi connectivity index (χ0) is 25.1. The highest BCUT2D eigenvalue weighted by Crippen LogP contribution is 2.30. The van der Waals surface area contributed by atoms with E-state index in [4.69, 9.17) is 37.4 Å². The van der Waals surface area contributed by atoms with Gasteiger partial charge in [-0.3, -0.25) is 14.5 Å². The third kappa shape index (κ3) is 5.87. The number of Topliss-reactive ketones (excluding diaryl/α,β-unsaturated/α-hetero) is 1. The van der Waals surface area contributed by atoms with Gasteiger partial charge in [-0.05, 0) is 48.5 Å². The minimum atomic E-state index is -1.08. The highest BCUT2D eigenvalue weighted by molar-refractivity contribution is 6.31. The number of rotatable bonds is 6. The molecule has 0 radical (unpaired) electrons. The number of allylic oxidation sites excluding steroid dienone is 1. The highest BCUT2D eigenvalue weighted by Gasteiger charge is 2.44. The maximum atomic E-state index is 13.9. The van der Waals surface area contributed by atoms with Crippen LogP contribution in [0.2, 0.25) is 10.0 Å². The minimum absolute atomic E-state index is 0.0355. The van der Waals surface area contributed by atoms with Crippen molar-refractivity contribution in [1.29, 1.82) is 0 Å². The zero-order valence-corrected chi connectivity index (χ0v) is 19.5. The van der Waals surface area contributed by atoms with E-state index < -0.39 is 54.3 Å². The van der Waals surface area contributed by atoms with Gasteiger partial charge in [0.1, 0.15) is 25.0 Å². The van der Waals surface area contributed by atoms with E-state index in [0.717, 1.165) is 11.1 Å². The number of esters is 2. The number of hydrogen-bond acceptors (Lipinski definition) is 7. The van der Waals surface area contributed by atoms with Crippen molar-refractivity contribution in [1.82, 2.24) is 4.90 Å². The van der Waals surface area contributed by atoms with E-state index in [9.17, 15) is 23.6 Å². The van der Waals surface area contributed by atoms with Crippen LogP contribution in [0.3, 0.4) is 0 Å². The number of ketones is 1. The van der Waals surface area contributed by atoms with E-state index in [-0.39, 0.29) is 24.2 Å². The smallest absolute Gasteiger partial charge is 0.338 e. The second-order valence-electron chi connectivity index (χ2n) is 7.80. The Morgan fingerprint density at radius 1 is 0.971 bits per heavy atom. The fraction of sp³-hybridized carbons (Fsp3) is 0.250. The largest absolute Gasteiger partial charge is 0.459 e. The summed E-state index contributed by atoms with van der Waals surface area (Å²) < 4.78 is 30.6. The lowest BCUT2D eigenvalue weighted by Crippen LogP contribution is -2.40. The van der Waals surface area contributed by atoms with Crippen LogP contribution in [0.5, 0.6) is 0 Å². The summed E-state index contributed by atoms with van der Waals surface area (Å²) in [5.41, 5.74) is 0.466. The normalized spacial score (nSPS) is 22.1. The Labute approximate surface area is 209 Å². The van der Waals surface area contributed by atoms with Crippen LogP contribution in [0, 0.1) is 0 Å². The van der Waals surface area contributed by atoms with Gasteiger partial charge in [0.15, 0.2) is 5.83 Å². The summed E-state index contributed by atoms with van der Waals surface area (Å²) in [5, 5.41) is 0.882. The lowest BCUT2D eigenvalue weighted by Gasteiger charge is -2.27. The first kappa shape index (κ1) is 24.8. The Hall–Kier alpha value is -3.27. The van der Waals surface area contributed by atoms with Gasteiger partial charge in [-0.1, -0.05) is 23.2 Å².